The number of hydrogen-bond donors (Lipinski definition) is 1. The molecule has 0 saturated carbocycles. The number of aryl methyl sites for hydroxylation is 1. The average molecular weight is 297 g/mol. The van der Waals surface area contributed by atoms with Crippen LogP contribution in [0.25, 0.3) is 11.3 Å². The van der Waals surface area contributed by atoms with Crippen molar-refractivity contribution in [3.63, 3.8) is 0 Å². The maximum Gasteiger partial charge on any atom is 0.161 e. The first kappa shape index (κ1) is 15.4. The Balaban J connectivity index is 2.59. The Hall–Kier alpha value is -1.98. The van der Waals surface area contributed by atoms with Gasteiger partial charge in [0.2, 0.25) is 0 Å². The smallest absolute Gasteiger partial charge is 0.161 e. The van der Waals surface area contributed by atoms with Crippen LogP contribution >= 0.6 is 0 Å². The molecule has 114 valence electrons. The monoisotopic (exact) mass is 297 g/mol. The van der Waals surface area contributed by atoms with Gasteiger partial charge in [0.05, 0.1) is 0 Å². The molecule has 0 aliphatic heterocycles. The number of nitrogen functional groups attached to an aromatic ring is 1. The van der Waals surface area contributed by atoms with Crippen LogP contribution in [0.2, 0.25) is 0 Å². The maximum absolute atomic E-state index is 13.9. The number of hydrogen-bond acceptors (Lipinski definition) is 2. The van der Waals surface area contributed by atoms with E-state index >= 15 is 0 Å². The lowest BCUT2D eigenvalue weighted by molar-refractivity contribution is 0.496. The van der Waals surface area contributed by atoms with Gasteiger partial charge in [-0.15, -0.1) is 0 Å². The van der Waals surface area contributed by atoms with Crippen molar-refractivity contribution >= 4 is 5.82 Å². The van der Waals surface area contributed by atoms with Crippen molar-refractivity contribution in [2.24, 2.45) is 0 Å². The summed E-state index contributed by atoms with van der Waals surface area (Å²) in [5.74, 6) is -2.20. The molecule has 6 heteroatoms. The molecule has 2 rings (SSSR count). The number of aromatic nitrogens is 2. The van der Waals surface area contributed by atoms with E-state index in [9.17, 15) is 13.2 Å². The Labute approximate surface area is 121 Å². The van der Waals surface area contributed by atoms with Crippen LogP contribution in [0.1, 0.15) is 32.5 Å². The lowest BCUT2D eigenvalue weighted by atomic mass is 10.1. The molecule has 0 radical (unpaired) electrons. The van der Waals surface area contributed by atoms with E-state index in [0.29, 0.717) is 19.0 Å². The normalized spacial score (nSPS) is 11.1. The number of nitrogens with zero attached hydrogens (tertiary/aromatic N) is 2. The lowest BCUT2D eigenvalue weighted by Gasteiger charge is -2.07. The van der Waals surface area contributed by atoms with Gasteiger partial charge in [-0.25, -0.2) is 18.2 Å². The highest BCUT2D eigenvalue weighted by Gasteiger charge is 2.20. The Morgan fingerprint density at radius 3 is 2.33 bits per heavy atom. The Kier molecular flexibility index (Phi) is 4.55. The molecule has 0 bridgehead atoms. The number of anilines is 1. The largest absolute Gasteiger partial charge is 0.383 e. The third-order valence-corrected chi connectivity index (χ3v) is 3.27. The summed E-state index contributed by atoms with van der Waals surface area (Å²) >= 11 is 0. The van der Waals surface area contributed by atoms with E-state index < -0.39 is 17.5 Å². The van der Waals surface area contributed by atoms with Crippen molar-refractivity contribution in [1.82, 2.24) is 9.55 Å². The molecular weight excluding hydrogens is 279 g/mol. The Bertz CT molecular complexity index is 650. The molecule has 1 heterocycles. The topological polar surface area (TPSA) is 43.8 Å². The van der Waals surface area contributed by atoms with Crippen LogP contribution in [0.15, 0.2) is 12.1 Å². The van der Waals surface area contributed by atoms with Gasteiger partial charge in [-0.1, -0.05) is 13.8 Å². The van der Waals surface area contributed by atoms with E-state index in [1.54, 1.807) is 4.57 Å². The fourth-order valence-electron chi connectivity index (χ4n) is 2.30. The summed E-state index contributed by atoms with van der Waals surface area (Å²) < 4.78 is 42.1. The van der Waals surface area contributed by atoms with E-state index in [4.69, 9.17) is 5.73 Å². The van der Waals surface area contributed by atoms with Crippen LogP contribution in [0.4, 0.5) is 19.0 Å². The Morgan fingerprint density at radius 2 is 1.71 bits per heavy atom. The highest BCUT2D eigenvalue weighted by molar-refractivity contribution is 5.71. The molecule has 1 aromatic carbocycles. The van der Waals surface area contributed by atoms with Crippen LogP contribution < -0.4 is 5.73 Å². The first-order chi connectivity index (χ1) is 9.99. The summed E-state index contributed by atoms with van der Waals surface area (Å²) in [6, 6.07) is 1.32. The maximum atomic E-state index is 13.9. The fraction of sp³-hybridized carbons (Fsp3) is 0.400. The third-order valence-electron chi connectivity index (χ3n) is 3.27. The zero-order valence-corrected chi connectivity index (χ0v) is 12.1. The van der Waals surface area contributed by atoms with E-state index in [1.807, 2.05) is 13.8 Å². The highest BCUT2D eigenvalue weighted by Crippen LogP contribution is 2.30. The summed E-state index contributed by atoms with van der Waals surface area (Å²) in [4.78, 5) is 4.33. The minimum absolute atomic E-state index is 0.112. The van der Waals surface area contributed by atoms with Gasteiger partial charge in [0, 0.05) is 24.6 Å². The highest BCUT2D eigenvalue weighted by atomic mass is 19.2. The zero-order valence-electron chi connectivity index (χ0n) is 12.1. The van der Waals surface area contributed by atoms with Crippen molar-refractivity contribution in [1.29, 1.82) is 0 Å². The van der Waals surface area contributed by atoms with Crippen LogP contribution in [0, 0.1) is 17.5 Å². The molecule has 0 unspecified atom stereocenters. The van der Waals surface area contributed by atoms with Gasteiger partial charge in [0.1, 0.15) is 23.2 Å². The van der Waals surface area contributed by atoms with Crippen LogP contribution in [0.3, 0.4) is 0 Å². The molecule has 0 aliphatic rings. The van der Waals surface area contributed by atoms with Crippen molar-refractivity contribution < 1.29 is 13.2 Å². The predicted octanol–water partition coefficient (Wildman–Crippen LogP) is 3.91. The standard InChI is InChI=1S/C15H18F3N3/c1-3-5-13-20-14(15(19)21(13)6-4-2)9-7-11(17)12(18)8-10(9)16/h7-8H,3-6,19H2,1-2H3. The summed E-state index contributed by atoms with van der Waals surface area (Å²) in [5.41, 5.74) is 6.08. The van der Waals surface area contributed by atoms with Gasteiger partial charge in [-0.2, -0.15) is 0 Å². The second kappa shape index (κ2) is 6.20. The molecule has 21 heavy (non-hydrogen) atoms. The summed E-state index contributed by atoms with van der Waals surface area (Å²) in [7, 11) is 0. The third kappa shape index (κ3) is 2.89. The van der Waals surface area contributed by atoms with Crippen molar-refractivity contribution in [2.75, 3.05) is 5.73 Å². The number of halogens is 3. The van der Waals surface area contributed by atoms with Gasteiger partial charge in [0.15, 0.2) is 11.6 Å². The molecule has 0 saturated heterocycles. The van der Waals surface area contributed by atoms with E-state index in [-0.39, 0.29) is 17.1 Å². The van der Waals surface area contributed by atoms with E-state index in [0.717, 1.165) is 24.7 Å². The van der Waals surface area contributed by atoms with E-state index in [1.165, 1.54) is 0 Å². The lowest BCUT2D eigenvalue weighted by Crippen LogP contribution is -2.07. The zero-order chi connectivity index (χ0) is 15.6. The molecule has 1 aromatic heterocycles. The quantitative estimate of drug-likeness (QED) is 0.850. The molecule has 0 aliphatic carbocycles. The molecule has 0 amide bonds. The molecule has 0 spiro atoms. The molecular formula is C15H18F3N3. The number of benzene rings is 1. The van der Waals surface area contributed by atoms with E-state index in [2.05, 4.69) is 4.98 Å². The minimum Gasteiger partial charge on any atom is -0.383 e. The van der Waals surface area contributed by atoms with Gasteiger partial charge in [0.25, 0.3) is 0 Å². The molecule has 2 aromatic rings. The van der Waals surface area contributed by atoms with Crippen LogP contribution in [-0.2, 0) is 13.0 Å². The van der Waals surface area contributed by atoms with Gasteiger partial charge in [-0.05, 0) is 18.9 Å². The van der Waals surface area contributed by atoms with Crippen molar-refractivity contribution in [3.05, 3.63) is 35.4 Å². The number of imidazole rings is 1. The molecule has 0 fully saturated rings. The first-order valence-corrected chi connectivity index (χ1v) is 6.99. The second-order valence-corrected chi connectivity index (χ2v) is 4.91. The minimum atomic E-state index is -1.23. The van der Waals surface area contributed by atoms with Gasteiger partial charge < -0.3 is 10.3 Å². The van der Waals surface area contributed by atoms with Crippen molar-refractivity contribution in [3.8, 4) is 11.3 Å². The second-order valence-electron chi connectivity index (χ2n) is 4.91. The average Bonchev–Trinajstić information content (AvgIpc) is 2.73. The van der Waals surface area contributed by atoms with Gasteiger partial charge in [-0.3, -0.25) is 0 Å². The van der Waals surface area contributed by atoms with Crippen molar-refractivity contribution in [2.45, 2.75) is 39.7 Å². The predicted molar refractivity (Wildman–Crippen MR) is 76.2 cm³/mol. The number of rotatable bonds is 5. The summed E-state index contributed by atoms with van der Waals surface area (Å²) in [5, 5.41) is 0. The van der Waals surface area contributed by atoms with Crippen LogP contribution in [0.5, 0.6) is 0 Å². The molecule has 0 atom stereocenters. The molecule has 2 N–H and O–H groups in total. The summed E-state index contributed by atoms with van der Waals surface area (Å²) in [6.07, 6.45) is 2.40. The molecule has 3 nitrogen and oxygen atoms in total. The first-order valence-electron chi connectivity index (χ1n) is 6.99. The fourth-order valence-corrected chi connectivity index (χ4v) is 2.30. The van der Waals surface area contributed by atoms with Crippen LogP contribution in [-0.4, -0.2) is 9.55 Å². The van der Waals surface area contributed by atoms with Gasteiger partial charge >= 0.3 is 0 Å². The number of nitrogens with two attached hydrogens (primary N) is 1. The Morgan fingerprint density at radius 1 is 1.05 bits per heavy atom. The SMILES string of the molecule is CCCc1nc(-c2cc(F)c(F)cc2F)c(N)n1CCC. The summed E-state index contributed by atoms with van der Waals surface area (Å²) in [6.45, 7) is 4.64.